The first kappa shape index (κ1) is 17.5. The second-order valence-electron chi connectivity index (χ2n) is 5.02. The zero-order valence-corrected chi connectivity index (χ0v) is 12.9. The molecule has 0 aliphatic heterocycles. The third kappa shape index (κ3) is 3.73. The fraction of sp³-hybridized carbons (Fsp3) is 0.176. The van der Waals surface area contributed by atoms with Crippen molar-refractivity contribution in [3.8, 4) is 0 Å². The SMILES string of the molecule is COC(=O)c1ccc(NC(=O)c2ccccc2C(F)(F)F)c(C)c1. The van der Waals surface area contributed by atoms with Gasteiger partial charge >= 0.3 is 12.1 Å². The van der Waals surface area contributed by atoms with Gasteiger partial charge in [0.2, 0.25) is 0 Å². The number of amides is 1. The molecule has 0 aromatic heterocycles. The molecular weight excluding hydrogens is 323 g/mol. The van der Waals surface area contributed by atoms with E-state index in [9.17, 15) is 22.8 Å². The molecule has 2 aromatic carbocycles. The van der Waals surface area contributed by atoms with E-state index in [0.717, 1.165) is 12.1 Å². The second-order valence-corrected chi connectivity index (χ2v) is 5.02. The van der Waals surface area contributed by atoms with Crippen molar-refractivity contribution in [2.45, 2.75) is 13.1 Å². The lowest BCUT2D eigenvalue weighted by Crippen LogP contribution is -2.19. The molecule has 0 saturated carbocycles. The number of esters is 1. The average Bonchev–Trinajstić information content (AvgIpc) is 2.55. The number of rotatable bonds is 3. The Hall–Kier alpha value is -2.83. The van der Waals surface area contributed by atoms with E-state index in [0.29, 0.717) is 11.3 Å². The fourth-order valence-electron chi connectivity index (χ4n) is 2.17. The molecule has 2 rings (SSSR count). The van der Waals surface area contributed by atoms with Crippen LogP contribution in [0, 0.1) is 6.92 Å². The minimum absolute atomic E-state index is 0.281. The van der Waals surface area contributed by atoms with Crippen LogP contribution in [0.3, 0.4) is 0 Å². The number of hydrogen-bond acceptors (Lipinski definition) is 3. The van der Waals surface area contributed by atoms with Gasteiger partial charge in [0.05, 0.1) is 23.8 Å². The lowest BCUT2D eigenvalue weighted by Gasteiger charge is -2.14. The summed E-state index contributed by atoms with van der Waals surface area (Å²) >= 11 is 0. The standard InChI is InChI=1S/C17H14F3NO3/c1-10-9-11(16(23)24-2)7-8-14(10)21-15(22)12-5-3-4-6-13(12)17(18,19)20/h3-9H,1-2H3,(H,21,22). The average molecular weight is 337 g/mol. The number of nitrogens with one attached hydrogen (secondary N) is 1. The molecule has 0 saturated heterocycles. The predicted molar refractivity (Wildman–Crippen MR) is 81.9 cm³/mol. The summed E-state index contributed by atoms with van der Waals surface area (Å²) in [5, 5.41) is 2.43. The second kappa shape index (κ2) is 6.74. The van der Waals surface area contributed by atoms with Crippen LogP contribution in [0.15, 0.2) is 42.5 Å². The smallest absolute Gasteiger partial charge is 0.417 e. The van der Waals surface area contributed by atoms with Crippen LogP contribution in [-0.4, -0.2) is 19.0 Å². The Morgan fingerprint density at radius 3 is 2.33 bits per heavy atom. The summed E-state index contributed by atoms with van der Waals surface area (Å²) < 4.78 is 43.5. The van der Waals surface area contributed by atoms with E-state index in [2.05, 4.69) is 10.1 Å². The van der Waals surface area contributed by atoms with Crippen molar-refractivity contribution in [1.29, 1.82) is 0 Å². The minimum Gasteiger partial charge on any atom is -0.465 e. The van der Waals surface area contributed by atoms with Gasteiger partial charge in [0.25, 0.3) is 5.91 Å². The zero-order valence-electron chi connectivity index (χ0n) is 12.9. The van der Waals surface area contributed by atoms with Gasteiger partial charge in [-0.2, -0.15) is 13.2 Å². The molecule has 0 aliphatic carbocycles. The molecule has 2 aromatic rings. The minimum atomic E-state index is -4.63. The van der Waals surface area contributed by atoms with Gasteiger partial charge in [-0.3, -0.25) is 4.79 Å². The van der Waals surface area contributed by atoms with Crippen LogP contribution < -0.4 is 5.32 Å². The molecule has 0 bridgehead atoms. The number of benzene rings is 2. The molecule has 24 heavy (non-hydrogen) atoms. The van der Waals surface area contributed by atoms with E-state index in [1.54, 1.807) is 6.92 Å². The number of ether oxygens (including phenoxy) is 1. The lowest BCUT2D eigenvalue weighted by atomic mass is 10.1. The van der Waals surface area contributed by atoms with Gasteiger partial charge in [-0.15, -0.1) is 0 Å². The maximum Gasteiger partial charge on any atom is 0.417 e. The van der Waals surface area contributed by atoms with Gasteiger partial charge in [-0.05, 0) is 42.8 Å². The normalized spacial score (nSPS) is 11.0. The van der Waals surface area contributed by atoms with Crippen molar-refractivity contribution in [3.05, 3.63) is 64.7 Å². The number of anilines is 1. The highest BCUT2D eigenvalue weighted by Gasteiger charge is 2.34. The van der Waals surface area contributed by atoms with Crippen LogP contribution in [0.5, 0.6) is 0 Å². The summed E-state index contributed by atoms with van der Waals surface area (Å²) in [6, 6.07) is 8.88. The Labute approximate surface area is 136 Å². The Morgan fingerprint density at radius 1 is 1.08 bits per heavy atom. The third-order valence-electron chi connectivity index (χ3n) is 3.37. The number of aryl methyl sites for hydroxylation is 1. The van der Waals surface area contributed by atoms with Crippen LogP contribution in [-0.2, 0) is 10.9 Å². The molecule has 0 unspecified atom stereocenters. The first-order chi connectivity index (χ1) is 11.2. The number of carbonyl (C=O) groups excluding carboxylic acids is 2. The summed E-state index contributed by atoms with van der Waals surface area (Å²) in [4.78, 5) is 23.6. The number of halogens is 3. The Morgan fingerprint density at radius 2 is 1.75 bits per heavy atom. The lowest BCUT2D eigenvalue weighted by molar-refractivity contribution is -0.137. The van der Waals surface area contributed by atoms with Crippen molar-refractivity contribution >= 4 is 17.6 Å². The summed E-state index contributed by atoms with van der Waals surface area (Å²) in [6.07, 6.45) is -4.63. The molecule has 126 valence electrons. The summed E-state index contributed by atoms with van der Waals surface area (Å²) in [5.41, 5.74) is -0.364. The topological polar surface area (TPSA) is 55.4 Å². The van der Waals surface area contributed by atoms with Gasteiger partial charge < -0.3 is 10.1 Å². The van der Waals surface area contributed by atoms with Crippen molar-refractivity contribution in [3.63, 3.8) is 0 Å². The quantitative estimate of drug-likeness (QED) is 0.860. The molecule has 1 amide bonds. The number of methoxy groups -OCH3 is 1. The van der Waals surface area contributed by atoms with Crippen LogP contribution >= 0.6 is 0 Å². The van der Waals surface area contributed by atoms with E-state index < -0.39 is 29.2 Å². The van der Waals surface area contributed by atoms with Gasteiger partial charge in [-0.25, -0.2) is 4.79 Å². The van der Waals surface area contributed by atoms with Crippen LogP contribution in [0.4, 0.5) is 18.9 Å². The number of carbonyl (C=O) groups is 2. The summed E-state index contributed by atoms with van der Waals surface area (Å²) in [6.45, 7) is 1.62. The molecule has 0 atom stereocenters. The van der Waals surface area contributed by atoms with Crippen LogP contribution in [0.25, 0.3) is 0 Å². The van der Waals surface area contributed by atoms with Crippen molar-refractivity contribution in [2.75, 3.05) is 12.4 Å². The highest BCUT2D eigenvalue weighted by atomic mass is 19.4. The van der Waals surface area contributed by atoms with Gasteiger partial charge in [-0.1, -0.05) is 12.1 Å². The zero-order chi connectivity index (χ0) is 17.9. The molecule has 0 heterocycles. The van der Waals surface area contributed by atoms with Gasteiger partial charge in [0, 0.05) is 5.69 Å². The van der Waals surface area contributed by atoms with Crippen LogP contribution in [0.2, 0.25) is 0 Å². The molecule has 4 nitrogen and oxygen atoms in total. The molecule has 0 radical (unpaired) electrons. The summed E-state index contributed by atoms with van der Waals surface area (Å²) in [7, 11) is 1.24. The van der Waals surface area contributed by atoms with E-state index in [4.69, 9.17) is 0 Å². The maximum atomic E-state index is 13.0. The molecule has 7 heteroatoms. The Balaban J connectivity index is 2.30. The van der Waals surface area contributed by atoms with E-state index in [1.807, 2.05) is 0 Å². The first-order valence-corrected chi connectivity index (χ1v) is 6.90. The number of alkyl halides is 3. The molecule has 0 spiro atoms. The first-order valence-electron chi connectivity index (χ1n) is 6.90. The molecule has 1 N–H and O–H groups in total. The third-order valence-corrected chi connectivity index (χ3v) is 3.37. The van der Waals surface area contributed by atoms with E-state index >= 15 is 0 Å². The summed E-state index contributed by atoms with van der Waals surface area (Å²) in [5.74, 6) is -1.42. The molecule has 0 aliphatic rings. The molecular formula is C17H14F3NO3. The molecule has 0 fully saturated rings. The fourth-order valence-corrected chi connectivity index (χ4v) is 2.17. The Kier molecular flexibility index (Phi) is 4.92. The van der Waals surface area contributed by atoms with E-state index in [-0.39, 0.29) is 5.56 Å². The van der Waals surface area contributed by atoms with Gasteiger partial charge in [0.1, 0.15) is 0 Å². The highest BCUT2D eigenvalue weighted by molar-refractivity contribution is 6.06. The highest BCUT2D eigenvalue weighted by Crippen LogP contribution is 2.32. The van der Waals surface area contributed by atoms with Crippen molar-refractivity contribution in [1.82, 2.24) is 0 Å². The predicted octanol–water partition coefficient (Wildman–Crippen LogP) is 4.05. The van der Waals surface area contributed by atoms with Crippen molar-refractivity contribution in [2.24, 2.45) is 0 Å². The Bertz CT molecular complexity index is 785. The number of hydrogen-bond donors (Lipinski definition) is 1. The van der Waals surface area contributed by atoms with Crippen LogP contribution in [0.1, 0.15) is 31.8 Å². The van der Waals surface area contributed by atoms with E-state index in [1.165, 1.54) is 37.4 Å². The maximum absolute atomic E-state index is 13.0. The van der Waals surface area contributed by atoms with Crippen molar-refractivity contribution < 1.29 is 27.5 Å². The largest absolute Gasteiger partial charge is 0.465 e. The monoisotopic (exact) mass is 337 g/mol. The van der Waals surface area contributed by atoms with Gasteiger partial charge in [0.15, 0.2) is 0 Å².